The fourth-order valence-electron chi connectivity index (χ4n) is 3.59. The second-order valence-electron chi connectivity index (χ2n) is 7.04. The average Bonchev–Trinajstić information content (AvgIpc) is 3.23. The highest BCUT2D eigenvalue weighted by Gasteiger charge is 2.32. The molecule has 1 aromatic carbocycles. The maximum Gasteiger partial charge on any atom is 0.224 e. The normalized spacial score (nSPS) is 22.9. The monoisotopic (exact) mass is 392 g/mol. The molecule has 1 amide bonds. The van der Waals surface area contributed by atoms with Crippen LogP contribution in [-0.2, 0) is 20.7 Å². The quantitative estimate of drug-likeness (QED) is 0.428. The topological polar surface area (TPSA) is 75.2 Å². The fourth-order valence-corrected chi connectivity index (χ4v) is 3.59. The number of aliphatic imine (C=N–C) groups is 1. The molecule has 3 rings (SSSR count). The number of rotatable bonds is 6. The highest BCUT2D eigenvalue weighted by Crippen LogP contribution is 2.20. The summed E-state index contributed by atoms with van der Waals surface area (Å²) in [6, 6.07) is 6.09. The molecule has 2 saturated heterocycles. The number of carbonyl (C=O) groups excluding carboxylic acids is 1. The van der Waals surface area contributed by atoms with Crippen molar-refractivity contribution in [2.45, 2.75) is 31.5 Å². The van der Waals surface area contributed by atoms with Crippen LogP contribution in [0, 0.1) is 5.82 Å². The van der Waals surface area contributed by atoms with Gasteiger partial charge in [0.1, 0.15) is 11.9 Å². The number of guanidine groups is 1. The Morgan fingerprint density at radius 3 is 2.82 bits per heavy atom. The predicted molar refractivity (Wildman–Crippen MR) is 105 cm³/mol. The third-order valence-corrected chi connectivity index (χ3v) is 4.97. The molecule has 2 N–H and O–H groups in total. The fraction of sp³-hybridized carbons (Fsp3) is 0.600. The van der Waals surface area contributed by atoms with Crippen molar-refractivity contribution in [3.63, 3.8) is 0 Å². The highest BCUT2D eigenvalue weighted by atomic mass is 19.1. The van der Waals surface area contributed by atoms with Gasteiger partial charge in [-0.2, -0.15) is 0 Å². The van der Waals surface area contributed by atoms with E-state index in [4.69, 9.17) is 9.47 Å². The summed E-state index contributed by atoms with van der Waals surface area (Å²) in [5.74, 6) is 0.334. The number of amides is 1. The van der Waals surface area contributed by atoms with Crippen LogP contribution in [0.15, 0.2) is 29.3 Å². The van der Waals surface area contributed by atoms with Gasteiger partial charge in [-0.25, -0.2) is 4.39 Å². The van der Waals surface area contributed by atoms with E-state index in [1.807, 2.05) is 0 Å². The first-order chi connectivity index (χ1) is 13.7. The van der Waals surface area contributed by atoms with E-state index in [-0.39, 0.29) is 30.4 Å². The van der Waals surface area contributed by atoms with Gasteiger partial charge in [-0.05, 0) is 30.5 Å². The molecule has 0 bridgehead atoms. The molecule has 2 aliphatic rings. The number of benzene rings is 1. The van der Waals surface area contributed by atoms with E-state index in [0.717, 1.165) is 38.5 Å². The molecule has 28 heavy (non-hydrogen) atoms. The number of morpholine rings is 1. The molecular formula is C20H29FN4O3. The Morgan fingerprint density at radius 2 is 2.07 bits per heavy atom. The van der Waals surface area contributed by atoms with Crippen molar-refractivity contribution in [1.29, 1.82) is 0 Å². The zero-order valence-corrected chi connectivity index (χ0v) is 16.3. The van der Waals surface area contributed by atoms with Crippen LogP contribution in [0.3, 0.4) is 0 Å². The third kappa shape index (κ3) is 5.90. The first-order valence-electron chi connectivity index (χ1n) is 9.85. The van der Waals surface area contributed by atoms with Gasteiger partial charge in [-0.1, -0.05) is 12.1 Å². The van der Waals surface area contributed by atoms with Gasteiger partial charge in [0, 0.05) is 39.8 Å². The van der Waals surface area contributed by atoms with E-state index < -0.39 is 0 Å². The molecule has 154 valence electrons. The molecule has 0 aromatic heterocycles. The van der Waals surface area contributed by atoms with E-state index >= 15 is 0 Å². The number of hydrogen-bond acceptors (Lipinski definition) is 4. The second kappa shape index (κ2) is 10.4. The Morgan fingerprint density at radius 1 is 1.25 bits per heavy atom. The zero-order chi connectivity index (χ0) is 19.8. The van der Waals surface area contributed by atoms with Crippen LogP contribution in [0.5, 0.6) is 0 Å². The first kappa shape index (κ1) is 20.5. The minimum absolute atomic E-state index is 0.0702. The standard InChI is InChI=1S/C20H29FN4O3/c1-22-20(25-9-11-28-18(14-25)17-6-3-10-27-17)24-8-7-23-19(26)13-15-4-2-5-16(21)12-15/h2,4-5,12,17-18H,3,6-11,13-14H2,1H3,(H,22,24)(H,23,26). The molecule has 2 aliphatic heterocycles. The molecule has 2 fully saturated rings. The van der Waals surface area contributed by atoms with Crippen LogP contribution in [0.4, 0.5) is 4.39 Å². The molecule has 7 nitrogen and oxygen atoms in total. The Hall–Kier alpha value is -2.19. The van der Waals surface area contributed by atoms with Gasteiger partial charge in [0.05, 0.1) is 19.1 Å². The molecule has 2 atom stereocenters. The van der Waals surface area contributed by atoms with E-state index in [2.05, 4.69) is 20.5 Å². The van der Waals surface area contributed by atoms with Gasteiger partial charge in [0.15, 0.2) is 5.96 Å². The van der Waals surface area contributed by atoms with Crippen molar-refractivity contribution >= 4 is 11.9 Å². The highest BCUT2D eigenvalue weighted by molar-refractivity contribution is 5.80. The largest absolute Gasteiger partial charge is 0.375 e. The Kier molecular flexibility index (Phi) is 7.62. The molecule has 0 saturated carbocycles. The molecule has 2 unspecified atom stereocenters. The number of nitrogens with zero attached hydrogens (tertiary/aromatic N) is 2. The maximum atomic E-state index is 13.2. The number of halogens is 1. The van der Waals surface area contributed by atoms with Crippen LogP contribution in [0.2, 0.25) is 0 Å². The molecule has 1 aromatic rings. The van der Waals surface area contributed by atoms with Gasteiger partial charge in [0.25, 0.3) is 0 Å². The van der Waals surface area contributed by atoms with Crippen LogP contribution in [-0.4, -0.2) is 75.4 Å². The SMILES string of the molecule is CN=C(NCCNC(=O)Cc1cccc(F)c1)N1CCOC(C2CCCO2)C1. The predicted octanol–water partition coefficient (Wildman–Crippen LogP) is 0.940. The Labute approximate surface area is 165 Å². The van der Waals surface area contributed by atoms with Crippen LogP contribution >= 0.6 is 0 Å². The van der Waals surface area contributed by atoms with E-state index in [9.17, 15) is 9.18 Å². The lowest BCUT2D eigenvalue weighted by molar-refractivity contribution is -0.120. The summed E-state index contributed by atoms with van der Waals surface area (Å²) in [6.07, 6.45) is 2.54. The van der Waals surface area contributed by atoms with E-state index in [1.54, 1.807) is 19.2 Å². The molecule has 0 aliphatic carbocycles. The Balaban J connectivity index is 1.38. The number of carbonyl (C=O) groups is 1. The van der Waals surface area contributed by atoms with Crippen molar-refractivity contribution in [2.24, 2.45) is 4.99 Å². The van der Waals surface area contributed by atoms with Crippen LogP contribution in [0.25, 0.3) is 0 Å². The van der Waals surface area contributed by atoms with Gasteiger partial charge >= 0.3 is 0 Å². The van der Waals surface area contributed by atoms with Crippen molar-refractivity contribution in [3.05, 3.63) is 35.6 Å². The summed E-state index contributed by atoms with van der Waals surface area (Å²) in [5, 5.41) is 6.13. The molecule has 2 heterocycles. The van der Waals surface area contributed by atoms with Gasteiger partial charge in [-0.15, -0.1) is 0 Å². The summed E-state index contributed by atoms with van der Waals surface area (Å²) in [4.78, 5) is 18.5. The number of ether oxygens (including phenoxy) is 2. The lowest BCUT2D eigenvalue weighted by Gasteiger charge is -2.37. The van der Waals surface area contributed by atoms with Crippen molar-refractivity contribution in [3.8, 4) is 0 Å². The number of nitrogens with one attached hydrogen (secondary N) is 2. The minimum Gasteiger partial charge on any atom is -0.375 e. The summed E-state index contributed by atoms with van der Waals surface area (Å²) >= 11 is 0. The molecule has 0 spiro atoms. The maximum absolute atomic E-state index is 13.2. The minimum atomic E-state index is -0.331. The van der Waals surface area contributed by atoms with Crippen LogP contribution in [0.1, 0.15) is 18.4 Å². The smallest absolute Gasteiger partial charge is 0.224 e. The second-order valence-corrected chi connectivity index (χ2v) is 7.04. The van der Waals surface area contributed by atoms with Crippen molar-refractivity contribution in [2.75, 3.05) is 46.4 Å². The van der Waals surface area contributed by atoms with Gasteiger partial charge in [-0.3, -0.25) is 9.79 Å². The first-order valence-corrected chi connectivity index (χ1v) is 9.85. The van der Waals surface area contributed by atoms with E-state index in [0.29, 0.717) is 25.3 Å². The third-order valence-electron chi connectivity index (χ3n) is 4.97. The molecule has 8 heteroatoms. The lowest BCUT2D eigenvalue weighted by Crippen LogP contribution is -2.54. The summed E-state index contributed by atoms with van der Waals surface area (Å²) in [5.41, 5.74) is 0.662. The zero-order valence-electron chi connectivity index (χ0n) is 16.3. The lowest BCUT2D eigenvalue weighted by atomic mass is 10.1. The summed E-state index contributed by atoms with van der Waals surface area (Å²) in [7, 11) is 1.75. The molecule has 0 radical (unpaired) electrons. The summed E-state index contributed by atoms with van der Waals surface area (Å²) in [6.45, 7) is 4.00. The van der Waals surface area contributed by atoms with Crippen molar-refractivity contribution in [1.82, 2.24) is 15.5 Å². The van der Waals surface area contributed by atoms with Gasteiger partial charge < -0.3 is 25.0 Å². The Bertz CT molecular complexity index is 679. The van der Waals surface area contributed by atoms with E-state index in [1.165, 1.54) is 12.1 Å². The van der Waals surface area contributed by atoms with Gasteiger partial charge in [0.2, 0.25) is 5.91 Å². The van der Waals surface area contributed by atoms with Crippen LogP contribution < -0.4 is 10.6 Å². The van der Waals surface area contributed by atoms with Crippen molar-refractivity contribution < 1.29 is 18.7 Å². The summed E-state index contributed by atoms with van der Waals surface area (Å²) < 4.78 is 24.8. The molecular weight excluding hydrogens is 363 g/mol. The number of hydrogen-bond donors (Lipinski definition) is 2. The average molecular weight is 392 g/mol.